The van der Waals surface area contributed by atoms with Crippen LogP contribution in [0.15, 0.2) is 23.0 Å². The number of nitrogens with zero attached hydrogens (tertiary/aromatic N) is 2. The van der Waals surface area contributed by atoms with Crippen molar-refractivity contribution in [3.8, 4) is 5.75 Å². The van der Waals surface area contributed by atoms with Crippen molar-refractivity contribution in [1.82, 2.24) is 4.57 Å². The summed E-state index contributed by atoms with van der Waals surface area (Å²) in [5.41, 5.74) is 10.3. The van der Waals surface area contributed by atoms with Crippen LogP contribution < -0.4 is 20.9 Å². The average Bonchev–Trinajstić information content (AvgIpc) is 2.56. The summed E-state index contributed by atoms with van der Waals surface area (Å²) >= 11 is 0. The fraction of sp³-hybridized carbons (Fsp3) is 0.389. The highest BCUT2D eigenvalue weighted by atomic mass is 16.5. The van der Waals surface area contributed by atoms with Crippen LogP contribution in [0.4, 0.5) is 5.69 Å². The highest BCUT2D eigenvalue weighted by Gasteiger charge is 2.37. The average molecular weight is 327 g/mol. The van der Waals surface area contributed by atoms with Gasteiger partial charge >= 0.3 is 0 Å². The Balaban J connectivity index is 2.17. The smallest absolute Gasteiger partial charge is 0.251 e. The molecule has 126 valence electrons. The van der Waals surface area contributed by atoms with Crippen molar-refractivity contribution in [2.45, 2.75) is 26.1 Å². The van der Waals surface area contributed by atoms with Crippen LogP contribution in [-0.4, -0.2) is 35.1 Å². The van der Waals surface area contributed by atoms with Crippen molar-refractivity contribution < 1.29 is 9.84 Å². The maximum Gasteiger partial charge on any atom is 0.251 e. The van der Waals surface area contributed by atoms with E-state index in [-0.39, 0.29) is 11.6 Å². The minimum absolute atomic E-state index is 0.0732. The summed E-state index contributed by atoms with van der Waals surface area (Å²) in [4.78, 5) is 14.2. The van der Waals surface area contributed by atoms with Crippen molar-refractivity contribution in [3.63, 3.8) is 0 Å². The Labute approximate surface area is 139 Å². The molecule has 3 N–H and O–H groups in total. The lowest BCUT2D eigenvalue weighted by Gasteiger charge is -2.44. The quantitative estimate of drug-likeness (QED) is 0.820. The van der Waals surface area contributed by atoms with E-state index in [0.717, 1.165) is 33.3 Å². The molecule has 0 radical (unpaired) electrons. The number of aliphatic hydroxyl groups excluding tert-OH is 1. The summed E-state index contributed by atoms with van der Waals surface area (Å²) in [5, 5.41) is 11.6. The van der Waals surface area contributed by atoms with Crippen molar-refractivity contribution in [3.05, 3.63) is 39.7 Å². The number of allylic oxidation sites excluding steroid dienone is 1. The Hall–Kier alpha value is -2.31. The topological polar surface area (TPSA) is 80.7 Å². The molecule has 0 bridgehead atoms. The number of aryl methyl sites for hydroxylation is 2. The summed E-state index contributed by atoms with van der Waals surface area (Å²) < 4.78 is 7.66. The highest BCUT2D eigenvalue weighted by Crippen LogP contribution is 2.48. The first kappa shape index (κ1) is 15.2. The minimum atomic E-state index is -0.743. The molecule has 2 unspecified atom stereocenters. The molecule has 0 saturated carbocycles. The minimum Gasteiger partial charge on any atom is -0.487 e. The molecule has 2 aromatic rings. The number of pyridine rings is 1. The fourth-order valence-electron chi connectivity index (χ4n) is 3.80. The molecule has 2 aliphatic heterocycles. The third-order valence-corrected chi connectivity index (χ3v) is 5.11. The predicted octanol–water partition coefficient (Wildman–Crippen LogP) is 1.11. The highest BCUT2D eigenvalue weighted by molar-refractivity contribution is 6.00. The zero-order valence-electron chi connectivity index (χ0n) is 14.0. The van der Waals surface area contributed by atoms with E-state index in [0.29, 0.717) is 18.9 Å². The van der Waals surface area contributed by atoms with Crippen molar-refractivity contribution >= 4 is 22.2 Å². The van der Waals surface area contributed by atoms with Crippen LogP contribution in [0.2, 0.25) is 0 Å². The number of hydrogen-bond donors (Lipinski definition) is 2. The molecule has 0 amide bonds. The maximum absolute atomic E-state index is 12.3. The maximum atomic E-state index is 12.3. The van der Waals surface area contributed by atoms with Crippen LogP contribution in [0, 0.1) is 6.92 Å². The van der Waals surface area contributed by atoms with Gasteiger partial charge in [0.05, 0.1) is 17.2 Å². The number of benzene rings is 1. The van der Waals surface area contributed by atoms with Crippen LogP contribution in [0.1, 0.15) is 18.1 Å². The van der Waals surface area contributed by atoms with Gasteiger partial charge < -0.3 is 25.0 Å². The van der Waals surface area contributed by atoms with Gasteiger partial charge in [-0.1, -0.05) is 0 Å². The largest absolute Gasteiger partial charge is 0.487 e. The monoisotopic (exact) mass is 327 g/mol. The van der Waals surface area contributed by atoms with E-state index < -0.39 is 6.23 Å². The summed E-state index contributed by atoms with van der Waals surface area (Å²) in [6.07, 6.45) is 1.09. The summed E-state index contributed by atoms with van der Waals surface area (Å²) in [6.45, 7) is 4.68. The van der Waals surface area contributed by atoms with E-state index in [9.17, 15) is 9.90 Å². The van der Waals surface area contributed by atoms with Gasteiger partial charge in [-0.15, -0.1) is 0 Å². The van der Waals surface area contributed by atoms with Crippen LogP contribution in [0.25, 0.3) is 16.5 Å². The summed E-state index contributed by atoms with van der Waals surface area (Å²) in [6, 6.07) is 3.62. The molecule has 1 aromatic carbocycles. The zero-order chi connectivity index (χ0) is 17.2. The van der Waals surface area contributed by atoms with Gasteiger partial charge in [0.25, 0.3) is 5.56 Å². The van der Waals surface area contributed by atoms with E-state index in [1.165, 1.54) is 0 Å². The summed E-state index contributed by atoms with van der Waals surface area (Å²) in [7, 11) is 1.75. The lowest BCUT2D eigenvalue weighted by atomic mass is 9.92. The van der Waals surface area contributed by atoms with Crippen LogP contribution >= 0.6 is 0 Å². The first-order chi connectivity index (χ1) is 11.4. The van der Waals surface area contributed by atoms with E-state index >= 15 is 0 Å². The van der Waals surface area contributed by atoms with Gasteiger partial charge in [0, 0.05) is 30.6 Å². The normalized spacial score (nSPS) is 22.2. The Bertz CT molecular complexity index is 945. The first-order valence-corrected chi connectivity index (χ1v) is 8.09. The van der Waals surface area contributed by atoms with Crippen LogP contribution in [0.5, 0.6) is 5.75 Å². The van der Waals surface area contributed by atoms with Gasteiger partial charge in [0.2, 0.25) is 0 Å². The van der Waals surface area contributed by atoms with Gasteiger partial charge in [-0.05, 0) is 37.1 Å². The molecule has 6 heteroatoms. The van der Waals surface area contributed by atoms with Crippen molar-refractivity contribution in [2.24, 2.45) is 12.8 Å². The molecule has 6 nitrogen and oxygen atoms in total. The third kappa shape index (κ3) is 1.87. The second-order valence-electron chi connectivity index (χ2n) is 6.59. The molecule has 4 rings (SSSR count). The van der Waals surface area contributed by atoms with Crippen molar-refractivity contribution in [2.75, 3.05) is 18.1 Å². The molecule has 24 heavy (non-hydrogen) atoms. The molecule has 0 spiro atoms. The Morgan fingerprint density at radius 3 is 2.83 bits per heavy atom. The number of rotatable bonds is 1. The number of hydrogen-bond acceptors (Lipinski definition) is 5. The van der Waals surface area contributed by atoms with Crippen LogP contribution in [0.3, 0.4) is 0 Å². The lowest BCUT2D eigenvalue weighted by Crippen LogP contribution is -2.53. The lowest BCUT2D eigenvalue weighted by molar-refractivity contribution is 0.170. The molecular formula is C18H21N3O3. The molecule has 1 aromatic heterocycles. The Morgan fingerprint density at radius 2 is 2.12 bits per heavy atom. The van der Waals surface area contributed by atoms with Gasteiger partial charge in [-0.3, -0.25) is 4.79 Å². The molecule has 0 saturated heterocycles. The second kappa shape index (κ2) is 5.09. The predicted molar refractivity (Wildman–Crippen MR) is 94.4 cm³/mol. The number of nitrogens with two attached hydrogens (primary N) is 1. The fourth-order valence-corrected chi connectivity index (χ4v) is 3.80. The molecular weight excluding hydrogens is 306 g/mol. The van der Waals surface area contributed by atoms with Gasteiger partial charge in [-0.2, -0.15) is 0 Å². The molecule has 0 aliphatic carbocycles. The number of anilines is 1. The molecule has 2 atom stereocenters. The summed E-state index contributed by atoms with van der Waals surface area (Å²) in [5.74, 6) is 0.655. The standard InChI is InChI=1S/C18H21N3O3/c1-9-4-14(22)20(3)16-12(9)6-13-10(2)5-15(23)21-11(7-19)8-24-18(16)17(13)21/h4-6,11,15,23H,7-8,19H2,1-3H3. The van der Waals surface area contributed by atoms with E-state index in [1.54, 1.807) is 17.7 Å². The number of aliphatic hydroxyl groups is 1. The van der Waals surface area contributed by atoms with E-state index in [1.807, 2.05) is 24.8 Å². The van der Waals surface area contributed by atoms with Gasteiger partial charge in [0.15, 0.2) is 5.75 Å². The van der Waals surface area contributed by atoms with Gasteiger partial charge in [-0.25, -0.2) is 0 Å². The zero-order valence-corrected chi connectivity index (χ0v) is 14.0. The third-order valence-electron chi connectivity index (χ3n) is 5.11. The molecule has 0 fully saturated rings. The second-order valence-corrected chi connectivity index (χ2v) is 6.59. The van der Waals surface area contributed by atoms with E-state index in [2.05, 4.69) is 6.07 Å². The molecule has 3 heterocycles. The number of fused-ring (bicyclic) bond motifs is 2. The van der Waals surface area contributed by atoms with E-state index in [4.69, 9.17) is 10.5 Å². The van der Waals surface area contributed by atoms with Crippen molar-refractivity contribution in [1.29, 1.82) is 0 Å². The van der Waals surface area contributed by atoms with Gasteiger partial charge in [0.1, 0.15) is 12.8 Å². The number of ether oxygens (including phenoxy) is 1. The Morgan fingerprint density at radius 1 is 1.38 bits per heavy atom. The SMILES string of the molecule is CC1=CC(O)N2c3c1cc1c(C)cc(=O)n(C)c1c3OCC2CN. The first-order valence-electron chi connectivity index (χ1n) is 8.09. The number of aromatic nitrogens is 1. The Kier molecular flexibility index (Phi) is 3.23. The van der Waals surface area contributed by atoms with Crippen LogP contribution in [-0.2, 0) is 7.05 Å². The molecule has 2 aliphatic rings.